The Morgan fingerprint density at radius 2 is 1.36 bits per heavy atom. The Morgan fingerprint density at radius 3 is 1.97 bits per heavy atom. The minimum Gasteiger partial charge on any atom is -0.458 e. The van der Waals surface area contributed by atoms with E-state index < -0.39 is 0 Å². The van der Waals surface area contributed by atoms with Gasteiger partial charge in [0.05, 0.1) is 17.9 Å². The fourth-order valence-electron chi connectivity index (χ4n) is 4.69. The number of fused-ring (bicyclic) bond motifs is 1. The Morgan fingerprint density at radius 1 is 0.750 bits per heavy atom. The van der Waals surface area contributed by atoms with Crippen molar-refractivity contribution in [2.75, 3.05) is 62.2 Å². The van der Waals surface area contributed by atoms with Gasteiger partial charge in [-0.3, -0.25) is 9.88 Å². The SMILES string of the molecule is Fc1ccccc1N1CCN(Cc2cc3ncccc3o2)CC1.Fc1ccccc1N1CCNCC1. The molecule has 1 N–H and O–H groups in total. The Kier molecular flexibility index (Phi) is 7.73. The number of hydrogen-bond acceptors (Lipinski definition) is 6. The Labute approximate surface area is 210 Å². The van der Waals surface area contributed by atoms with Crippen molar-refractivity contribution in [2.45, 2.75) is 6.54 Å². The molecule has 8 heteroatoms. The molecule has 2 aromatic heterocycles. The molecule has 6 rings (SSSR count). The monoisotopic (exact) mass is 491 g/mol. The van der Waals surface area contributed by atoms with Gasteiger partial charge in [-0.25, -0.2) is 8.78 Å². The highest BCUT2D eigenvalue weighted by Crippen LogP contribution is 2.22. The molecule has 188 valence electrons. The summed E-state index contributed by atoms with van der Waals surface area (Å²) < 4.78 is 33.0. The van der Waals surface area contributed by atoms with E-state index in [1.165, 1.54) is 12.1 Å². The summed E-state index contributed by atoms with van der Waals surface area (Å²) >= 11 is 0. The molecule has 4 heterocycles. The maximum atomic E-state index is 13.9. The summed E-state index contributed by atoms with van der Waals surface area (Å²) in [6.45, 7) is 7.84. The number of nitrogens with zero attached hydrogens (tertiary/aromatic N) is 4. The maximum Gasteiger partial charge on any atom is 0.152 e. The first kappa shape index (κ1) is 24.2. The number of piperazine rings is 2. The largest absolute Gasteiger partial charge is 0.458 e. The molecule has 6 nitrogen and oxygen atoms in total. The average molecular weight is 492 g/mol. The number of anilines is 2. The van der Waals surface area contributed by atoms with Gasteiger partial charge >= 0.3 is 0 Å². The third-order valence-corrected chi connectivity index (χ3v) is 6.59. The number of aromatic nitrogens is 1. The van der Waals surface area contributed by atoms with Gasteiger partial charge in [-0.1, -0.05) is 24.3 Å². The zero-order valence-electron chi connectivity index (χ0n) is 20.2. The number of halogens is 2. The highest BCUT2D eigenvalue weighted by molar-refractivity contribution is 5.72. The second kappa shape index (κ2) is 11.5. The quantitative estimate of drug-likeness (QED) is 0.453. The first-order chi connectivity index (χ1) is 17.7. The van der Waals surface area contributed by atoms with E-state index >= 15 is 0 Å². The minimum absolute atomic E-state index is 0.121. The first-order valence-corrected chi connectivity index (χ1v) is 12.4. The fraction of sp³-hybridized carbons (Fsp3) is 0.321. The third-order valence-electron chi connectivity index (χ3n) is 6.59. The number of furan rings is 1. The van der Waals surface area contributed by atoms with Crippen LogP contribution in [-0.2, 0) is 6.54 Å². The number of hydrogen-bond donors (Lipinski definition) is 1. The standard InChI is InChI=1S/C18H18FN3O.C10H13FN2/c19-15-4-1-2-5-17(15)22-10-8-21(9-11-22)13-14-12-16-18(23-14)6-3-7-20-16;11-9-3-1-2-4-10(9)13-7-5-12-6-8-13/h1-7,12H,8-11,13H2;1-4,12H,5-8H2. The van der Waals surface area contributed by atoms with Crippen molar-refractivity contribution in [3.05, 3.63) is 90.3 Å². The van der Waals surface area contributed by atoms with E-state index in [0.29, 0.717) is 5.69 Å². The lowest BCUT2D eigenvalue weighted by Gasteiger charge is -2.35. The Hall–Kier alpha value is -3.49. The summed E-state index contributed by atoms with van der Waals surface area (Å²) in [5.41, 5.74) is 3.14. The molecule has 2 fully saturated rings. The molecule has 2 aliphatic heterocycles. The second-order valence-electron chi connectivity index (χ2n) is 9.00. The zero-order chi connectivity index (χ0) is 24.7. The van der Waals surface area contributed by atoms with Gasteiger partial charge in [0.15, 0.2) is 5.58 Å². The Bertz CT molecular complexity index is 1230. The molecule has 0 saturated carbocycles. The molecule has 36 heavy (non-hydrogen) atoms. The van der Waals surface area contributed by atoms with Crippen LogP contribution in [0.3, 0.4) is 0 Å². The summed E-state index contributed by atoms with van der Waals surface area (Å²) in [5.74, 6) is 0.659. The van der Waals surface area contributed by atoms with Crippen molar-refractivity contribution < 1.29 is 13.2 Å². The van der Waals surface area contributed by atoms with Crippen LogP contribution < -0.4 is 15.1 Å². The summed E-state index contributed by atoms with van der Waals surface area (Å²) in [6, 6.07) is 19.7. The van der Waals surface area contributed by atoms with Crippen LogP contribution in [0.25, 0.3) is 11.1 Å². The molecule has 0 radical (unpaired) electrons. The summed E-state index contributed by atoms with van der Waals surface area (Å²) in [5, 5.41) is 3.24. The lowest BCUT2D eigenvalue weighted by molar-refractivity contribution is 0.232. The lowest BCUT2D eigenvalue weighted by atomic mass is 10.2. The molecule has 0 amide bonds. The number of pyridine rings is 1. The van der Waals surface area contributed by atoms with E-state index in [0.717, 1.165) is 81.5 Å². The summed E-state index contributed by atoms with van der Waals surface area (Å²) in [6.07, 6.45) is 1.77. The first-order valence-electron chi connectivity index (χ1n) is 12.4. The molecule has 0 spiro atoms. The molecular weight excluding hydrogens is 460 g/mol. The van der Waals surface area contributed by atoms with Gasteiger partial charge in [-0.15, -0.1) is 0 Å². The normalized spacial score (nSPS) is 16.6. The van der Waals surface area contributed by atoms with Gasteiger partial charge in [0, 0.05) is 64.6 Å². The van der Waals surface area contributed by atoms with Gasteiger partial charge in [0.1, 0.15) is 22.9 Å². The number of nitrogens with one attached hydrogen (secondary N) is 1. The van der Waals surface area contributed by atoms with Gasteiger partial charge in [0.2, 0.25) is 0 Å². The van der Waals surface area contributed by atoms with E-state index in [-0.39, 0.29) is 11.6 Å². The van der Waals surface area contributed by atoms with Crippen molar-refractivity contribution in [2.24, 2.45) is 0 Å². The molecule has 0 aliphatic carbocycles. The predicted molar refractivity (Wildman–Crippen MR) is 139 cm³/mol. The molecule has 2 aliphatic rings. The van der Waals surface area contributed by atoms with Gasteiger partial charge in [0.25, 0.3) is 0 Å². The van der Waals surface area contributed by atoms with Crippen LogP contribution in [0.2, 0.25) is 0 Å². The molecule has 0 unspecified atom stereocenters. The number of benzene rings is 2. The van der Waals surface area contributed by atoms with Crippen molar-refractivity contribution in [3.63, 3.8) is 0 Å². The average Bonchev–Trinajstić information content (AvgIpc) is 3.33. The van der Waals surface area contributed by atoms with Crippen LogP contribution in [0.15, 0.2) is 77.3 Å². The number of para-hydroxylation sites is 2. The van der Waals surface area contributed by atoms with Crippen molar-refractivity contribution in [1.29, 1.82) is 0 Å². The van der Waals surface area contributed by atoms with Crippen LogP contribution in [0.4, 0.5) is 20.2 Å². The molecule has 2 saturated heterocycles. The van der Waals surface area contributed by atoms with E-state index in [1.54, 1.807) is 18.3 Å². The fourth-order valence-corrected chi connectivity index (χ4v) is 4.69. The molecule has 2 aromatic carbocycles. The second-order valence-corrected chi connectivity index (χ2v) is 9.00. The highest BCUT2D eigenvalue weighted by atomic mass is 19.1. The summed E-state index contributed by atoms with van der Waals surface area (Å²) in [4.78, 5) is 10.8. The van der Waals surface area contributed by atoms with Crippen LogP contribution in [0.1, 0.15) is 5.76 Å². The smallest absolute Gasteiger partial charge is 0.152 e. The van der Waals surface area contributed by atoms with Crippen LogP contribution in [0, 0.1) is 11.6 Å². The van der Waals surface area contributed by atoms with Crippen LogP contribution >= 0.6 is 0 Å². The third kappa shape index (κ3) is 5.83. The Balaban J connectivity index is 0.000000174. The van der Waals surface area contributed by atoms with E-state index in [9.17, 15) is 8.78 Å². The van der Waals surface area contributed by atoms with Gasteiger partial charge in [-0.05, 0) is 36.4 Å². The predicted octanol–water partition coefficient (Wildman–Crippen LogP) is 4.52. The zero-order valence-corrected chi connectivity index (χ0v) is 20.2. The molecule has 4 aromatic rings. The van der Waals surface area contributed by atoms with Crippen LogP contribution in [0.5, 0.6) is 0 Å². The molecule has 0 bridgehead atoms. The highest BCUT2D eigenvalue weighted by Gasteiger charge is 2.20. The van der Waals surface area contributed by atoms with Gasteiger partial charge in [-0.2, -0.15) is 0 Å². The summed E-state index contributed by atoms with van der Waals surface area (Å²) in [7, 11) is 0. The molecule has 0 atom stereocenters. The van der Waals surface area contributed by atoms with Gasteiger partial charge < -0.3 is 19.5 Å². The van der Waals surface area contributed by atoms with Crippen LogP contribution in [-0.4, -0.2) is 62.2 Å². The van der Waals surface area contributed by atoms with E-state index in [1.807, 2.05) is 42.5 Å². The minimum atomic E-state index is -0.149. The van der Waals surface area contributed by atoms with Crippen molar-refractivity contribution in [1.82, 2.24) is 15.2 Å². The molecular formula is C28H31F2N5O. The van der Waals surface area contributed by atoms with E-state index in [4.69, 9.17) is 4.42 Å². The van der Waals surface area contributed by atoms with E-state index in [2.05, 4.69) is 25.0 Å². The maximum absolute atomic E-state index is 13.9. The lowest BCUT2D eigenvalue weighted by Crippen LogP contribution is -2.46. The number of rotatable bonds is 4. The topological polar surface area (TPSA) is 47.8 Å². The van der Waals surface area contributed by atoms with Crippen molar-refractivity contribution in [3.8, 4) is 0 Å². The van der Waals surface area contributed by atoms with Crippen molar-refractivity contribution >= 4 is 22.5 Å².